The van der Waals surface area contributed by atoms with Crippen LogP contribution in [0.2, 0.25) is 0 Å². The molecule has 1 amide bonds. The van der Waals surface area contributed by atoms with E-state index in [2.05, 4.69) is 5.32 Å². The van der Waals surface area contributed by atoms with Crippen LogP contribution in [0.4, 0.5) is 4.79 Å². The minimum atomic E-state index is -0.116. The molecular formula is C7H10Cl3NOS. The van der Waals surface area contributed by atoms with Gasteiger partial charge in [0.25, 0.3) is 5.24 Å². The van der Waals surface area contributed by atoms with Crippen molar-refractivity contribution in [2.45, 2.75) is 13.3 Å². The lowest BCUT2D eigenvalue weighted by Gasteiger charge is -2.01. The van der Waals surface area contributed by atoms with Gasteiger partial charge in [-0.3, -0.25) is 4.79 Å². The first-order valence-corrected chi connectivity index (χ1v) is 5.80. The van der Waals surface area contributed by atoms with Crippen molar-refractivity contribution in [3.05, 3.63) is 9.52 Å². The number of carbonyl (C=O) groups excluding carboxylic acids is 1. The van der Waals surface area contributed by atoms with E-state index in [0.29, 0.717) is 17.3 Å². The molecule has 0 aromatic heterocycles. The number of thioether (sulfide) groups is 1. The van der Waals surface area contributed by atoms with Gasteiger partial charge >= 0.3 is 0 Å². The van der Waals surface area contributed by atoms with Gasteiger partial charge in [-0.1, -0.05) is 53.5 Å². The predicted octanol–water partition coefficient (Wildman–Crippen LogP) is 3.72. The third-order valence-electron chi connectivity index (χ3n) is 1.05. The fourth-order valence-corrected chi connectivity index (χ4v) is 1.52. The first-order valence-electron chi connectivity index (χ1n) is 3.68. The van der Waals surface area contributed by atoms with Gasteiger partial charge in [0, 0.05) is 12.3 Å². The van der Waals surface area contributed by atoms with E-state index < -0.39 is 0 Å². The molecule has 0 aliphatic rings. The van der Waals surface area contributed by atoms with E-state index in [1.54, 1.807) is 0 Å². The van der Waals surface area contributed by atoms with Crippen LogP contribution in [0.5, 0.6) is 0 Å². The largest absolute Gasteiger partial charge is 0.347 e. The SMILES string of the molecule is CCCNC(=O)SCC(Cl)=C(Cl)Cl. The van der Waals surface area contributed by atoms with Gasteiger partial charge < -0.3 is 5.32 Å². The number of amides is 1. The molecule has 6 heteroatoms. The molecule has 0 heterocycles. The van der Waals surface area contributed by atoms with Crippen LogP contribution in [0, 0.1) is 0 Å². The zero-order valence-corrected chi connectivity index (χ0v) is 10.2. The Kier molecular flexibility index (Phi) is 8.06. The summed E-state index contributed by atoms with van der Waals surface area (Å²) < 4.78 is 0.0115. The summed E-state index contributed by atoms with van der Waals surface area (Å²) >= 11 is 17.4. The average molecular weight is 263 g/mol. The molecule has 0 rings (SSSR count). The fourth-order valence-electron chi connectivity index (χ4n) is 0.462. The van der Waals surface area contributed by atoms with Gasteiger partial charge in [-0.05, 0) is 6.42 Å². The highest BCUT2D eigenvalue weighted by atomic mass is 35.5. The number of carbonyl (C=O) groups is 1. The Balaban J connectivity index is 3.65. The van der Waals surface area contributed by atoms with Crippen molar-refractivity contribution in [1.82, 2.24) is 5.32 Å². The van der Waals surface area contributed by atoms with E-state index in [4.69, 9.17) is 34.8 Å². The number of hydrogen-bond acceptors (Lipinski definition) is 2. The van der Waals surface area contributed by atoms with Crippen LogP contribution < -0.4 is 5.32 Å². The minimum Gasteiger partial charge on any atom is -0.347 e. The molecule has 13 heavy (non-hydrogen) atoms. The van der Waals surface area contributed by atoms with Gasteiger partial charge in [0.2, 0.25) is 0 Å². The Labute approximate surface area is 97.0 Å². The molecule has 2 nitrogen and oxygen atoms in total. The summed E-state index contributed by atoms with van der Waals surface area (Å²) in [6.45, 7) is 2.65. The zero-order chi connectivity index (χ0) is 10.3. The van der Waals surface area contributed by atoms with Crippen molar-refractivity contribution >= 4 is 51.8 Å². The summed E-state index contributed by atoms with van der Waals surface area (Å²) in [6, 6.07) is 0. The Morgan fingerprint density at radius 1 is 1.38 bits per heavy atom. The average Bonchev–Trinajstić information content (AvgIpc) is 2.10. The van der Waals surface area contributed by atoms with E-state index in [-0.39, 0.29) is 9.73 Å². The molecule has 0 bridgehead atoms. The molecule has 0 radical (unpaired) electrons. The standard InChI is InChI=1S/C7H10Cl3NOS/c1-2-3-11-7(12)13-4-5(8)6(9)10/h2-4H2,1H3,(H,11,12). The summed E-state index contributed by atoms with van der Waals surface area (Å²) in [6.07, 6.45) is 0.909. The molecule has 0 saturated carbocycles. The van der Waals surface area contributed by atoms with Crippen molar-refractivity contribution < 1.29 is 4.79 Å². The highest BCUT2D eigenvalue weighted by Crippen LogP contribution is 2.21. The predicted molar refractivity (Wildman–Crippen MR) is 60.7 cm³/mol. The van der Waals surface area contributed by atoms with Crippen LogP contribution in [0.25, 0.3) is 0 Å². The maximum atomic E-state index is 11.0. The second-order valence-electron chi connectivity index (χ2n) is 2.17. The molecule has 0 aliphatic carbocycles. The lowest BCUT2D eigenvalue weighted by atomic mass is 10.5. The van der Waals surface area contributed by atoms with Gasteiger partial charge in [0.1, 0.15) is 4.49 Å². The summed E-state index contributed by atoms with van der Waals surface area (Å²) in [5, 5.41) is 2.86. The highest BCUT2D eigenvalue weighted by Gasteiger charge is 2.04. The molecule has 0 aromatic rings. The van der Waals surface area contributed by atoms with E-state index in [9.17, 15) is 4.79 Å². The first kappa shape index (κ1) is 13.4. The van der Waals surface area contributed by atoms with Crippen LogP contribution in [0.15, 0.2) is 9.52 Å². The maximum absolute atomic E-state index is 11.0. The van der Waals surface area contributed by atoms with Crippen molar-refractivity contribution in [2.75, 3.05) is 12.3 Å². The van der Waals surface area contributed by atoms with Crippen LogP contribution >= 0.6 is 46.6 Å². The van der Waals surface area contributed by atoms with Crippen LogP contribution in [-0.2, 0) is 0 Å². The van der Waals surface area contributed by atoms with Crippen molar-refractivity contribution in [2.24, 2.45) is 0 Å². The van der Waals surface area contributed by atoms with Crippen LogP contribution in [-0.4, -0.2) is 17.5 Å². The Hall–Kier alpha value is 0.430. The van der Waals surface area contributed by atoms with Gasteiger partial charge in [-0.2, -0.15) is 0 Å². The highest BCUT2D eigenvalue weighted by molar-refractivity contribution is 8.13. The second-order valence-corrected chi connectivity index (χ2v) is 4.52. The minimum absolute atomic E-state index is 0.0115. The maximum Gasteiger partial charge on any atom is 0.279 e. The number of hydrogen-bond donors (Lipinski definition) is 1. The van der Waals surface area contributed by atoms with Crippen molar-refractivity contribution in [1.29, 1.82) is 0 Å². The molecule has 0 aromatic carbocycles. The molecule has 0 atom stereocenters. The van der Waals surface area contributed by atoms with E-state index >= 15 is 0 Å². The second kappa shape index (κ2) is 7.80. The summed E-state index contributed by atoms with van der Waals surface area (Å²) in [4.78, 5) is 11.0. The third-order valence-corrected chi connectivity index (χ3v) is 3.02. The lowest BCUT2D eigenvalue weighted by Crippen LogP contribution is -2.19. The molecule has 0 spiro atoms. The normalized spacial score (nSPS) is 9.54. The van der Waals surface area contributed by atoms with Gasteiger partial charge in [0.05, 0.1) is 5.03 Å². The monoisotopic (exact) mass is 261 g/mol. The number of halogens is 3. The summed E-state index contributed by atoms with van der Waals surface area (Å²) in [5.74, 6) is 0.305. The van der Waals surface area contributed by atoms with E-state index in [0.717, 1.165) is 18.2 Å². The summed E-state index contributed by atoms with van der Waals surface area (Å²) in [5.41, 5.74) is 0. The van der Waals surface area contributed by atoms with E-state index in [1.807, 2.05) is 6.92 Å². The number of rotatable bonds is 4. The molecule has 0 aliphatic heterocycles. The fraction of sp³-hybridized carbons (Fsp3) is 0.571. The van der Waals surface area contributed by atoms with Crippen LogP contribution in [0.3, 0.4) is 0 Å². The molecular weight excluding hydrogens is 253 g/mol. The van der Waals surface area contributed by atoms with Gasteiger partial charge in [0.15, 0.2) is 0 Å². The molecule has 1 N–H and O–H groups in total. The Morgan fingerprint density at radius 3 is 2.46 bits per heavy atom. The molecule has 0 saturated heterocycles. The van der Waals surface area contributed by atoms with Crippen LogP contribution in [0.1, 0.15) is 13.3 Å². The molecule has 0 unspecified atom stereocenters. The smallest absolute Gasteiger partial charge is 0.279 e. The van der Waals surface area contributed by atoms with Gasteiger partial charge in [-0.15, -0.1) is 0 Å². The topological polar surface area (TPSA) is 29.1 Å². The first-order chi connectivity index (χ1) is 6.07. The van der Waals surface area contributed by atoms with Crippen molar-refractivity contribution in [3.63, 3.8) is 0 Å². The van der Waals surface area contributed by atoms with Gasteiger partial charge in [-0.25, -0.2) is 0 Å². The third kappa shape index (κ3) is 7.50. The molecule has 76 valence electrons. The summed E-state index contributed by atoms with van der Waals surface area (Å²) in [7, 11) is 0. The molecule has 0 fully saturated rings. The quantitative estimate of drug-likeness (QED) is 0.836. The lowest BCUT2D eigenvalue weighted by molar-refractivity contribution is 0.261. The van der Waals surface area contributed by atoms with Crippen molar-refractivity contribution in [3.8, 4) is 0 Å². The number of nitrogens with one attached hydrogen (secondary N) is 1. The Morgan fingerprint density at radius 2 is 2.00 bits per heavy atom. The van der Waals surface area contributed by atoms with E-state index in [1.165, 1.54) is 0 Å². The Bertz CT molecular complexity index is 204. The zero-order valence-electron chi connectivity index (χ0n) is 7.07.